The lowest BCUT2D eigenvalue weighted by Crippen LogP contribution is -2.33. The molecule has 0 aliphatic carbocycles. The molecule has 0 rings (SSSR count). The summed E-state index contributed by atoms with van der Waals surface area (Å²) in [5, 5.41) is 0. The van der Waals surface area contributed by atoms with Gasteiger partial charge in [-0.1, -0.05) is 86.8 Å². The molecule has 0 spiro atoms. The number of rotatable bonds is 22. The second kappa shape index (κ2) is 25.4. The molecule has 0 saturated carbocycles. The summed E-state index contributed by atoms with van der Waals surface area (Å²) in [5.74, 6) is -0.894. The zero-order valence-electron chi connectivity index (χ0n) is 20.4. The summed E-state index contributed by atoms with van der Waals surface area (Å²) in [6.07, 6.45) is 11.7. The first-order chi connectivity index (χ1) is 16.5. The van der Waals surface area contributed by atoms with Gasteiger partial charge >= 0.3 is 23.8 Å². The summed E-state index contributed by atoms with van der Waals surface area (Å²) in [4.78, 5) is 46.6. The Labute approximate surface area is 220 Å². The lowest BCUT2D eigenvalue weighted by atomic mass is 10.1. The minimum atomic E-state index is -0.760. The van der Waals surface area contributed by atoms with Gasteiger partial charge in [-0.2, -0.15) is 0 Å². The SMILES string of the molecule is CCCCCCCC(=O)OCCSSNC(=O)C(=O)NSSCCOC(=O)CCCCCCC. The topological polar surface area (TPSA) is 111 Å². The van der Waals surface area contributed by atoms with Crippen molar-refractivity contribution in [2.45, 2.75) is 90.9 Å². The molecule has 8 nitrogen and oxygen atoms in total. The van der Waals surface area contributed by atoms with E-state index in [2.05, 4.69) is 23.3 Å². The van der Waals surface area contributed by atoms with E-state index >= 15 is 0 Å². The van der Waals surface area contributed by atoms with Gasteiger partial charge in [-0.25, -0.2) is 0 Å². The van der Waals surface area contributed by atoms with Gasteiger partial charge in [0.1, 0.15) is 13.2 Å². The van der Waals surface area contributed by atoms with E-state index in [1.54, 1.807) is 0 Å². The van der Waals surface area contributed by atoms with Crippen molar-refractivity contribution in [1.29, 1.82) is 0 Å². The van der Waals surface area contributed by atoms with Crippen LogP contribution in [0.2, 0.25) is 0 Å². The van der Waals surface area contributed by atoms with Gasteiger partial charge in [0.25, 0.3) is 0 Å². The third kappa shape index (κ3) is 23.0. The van der Waals surface area contributed by atoms with Crippen LogP contribution < -0.4 is 9.44 Å². The first-order valence-corrected chi connectivity index (χ1v) is 16.6. The van der Waals surface area contributed by atoms with Crippen LogP contribution in [0.25, 0.3) is 0 Å². The van der Waals surface area contributed by atoms with E-state index in [1.165, 1.54) is 47.3 Å². The molecule has 12 heteroatoms. The summed E-state index contributed by atoms with van der Waals surface area (Å²) >= 11 is 0. The van der Waals surface area contributed by atoms with Gasteiger partial charge in [-0.15, -0.1) is 0 Å². The number of amides is 2. The summed E-state index contributed by atoms with van der Waals surface area (Å²) in [7, 11) is 4.62. The number of ether oxygens (including phenoxy) is 2. The maximum absolute atomic E-state index is 11.7. The molecule has 0 bridgehead atoms. The highest BCUT2D eigenvalue weighted by Crippen LogP contribution is 2.18. The minimum Gasteiger partial charge on any atom is -0.465 e. The van der Waals surface area contributed by atoms with Crippen molar-refractivity contribution in [1.82, 2.24) is 9.44 Å². The highest BCUT2D eigenvalue weighted by Gasteiger charge is 2.13. The van der Waals surface area contributed by atoms with Gasteiger partial charge in [0.05, 0.1) is 0 Å². The molecule has 2 N–H and O–H groups in total. The largest absolute Gasteiger partial charge is 0.465 e. The van der Waals surface area contributed by atoms with E-state index in [1.807, 2.05) is 0 Å². The zero-order chi connectivity index (χ0) is 25.3. The van der Waals surface area contributed by atoms with Gasteiger partial charge in [0.15, 0.2) is 0 Å². The lowest BCUT2D eigenvalue weighted by molar-refractivity contribution is -0.144. The molecule has 0 aromatic carbocycles. The molecular weight excluding hydrogens is 517 g/mol. The Morgan fingerprint density at radius 2 is 0.971 bits per heavy atom. The number of hydrogen-bond acceptors (Lipinski definition) is 10. The van der Waals surface area contributed by atoms with Gasteiger partial charge in [-0.3, -0.25) is 28.6 Å². The third-order valence-corrected chi connectivity index (χ3v) is 8.07. The number of esters is 2. The Kier molecular flexibility index (Phi) is 24.8. The van der Waals surface area contributed by atoms with Gasteiger partial charge in [-0.05, 0) is 12.8 Å². The molecule has 0 unspecified atom stereocenters. The van der Waals surface area contributed by atoms with E-state index in [0.717, 1.165) is 60.5 Å². The maximum atomic E-state index is 11.7. The Hall–Kier alpha value is -0.720. The van der Waals surface area contributed by atoms with Crippen LogP contribution in [0.5, 0.6) is 0 Å². The van der Waals surface area contributed by atoms with Gasteiger partial charge < -0.3 is 9.47 Å². The summed E-state index contributed by atoms with van der Waals surface area (Å²) in [6, 6.07) is 0. The van der Waals surface area contributed by atoms with Crippen LogP contribution in [0.4, 0.5) is 0 Å². The smallest absolute Gasteiger partial charge is 0.320 e. The molecule has 0 atom stereocenters. The predicted molar refractivity (Wildman–Crippen MR) is 145 cm³/mol. The van der Waals surface area contributed by atoms with E-state index in [0.29, 0.717) is 24.3 Å². The molecule has 0 aromatic heterocycles. The molecule has 0 aliphatic rings. The number of nitrogens with one attached hydrogen (secondary N) is 2. The fourth-order valence-electron chi connectivity index (χ4n) is 2.58. The fourth-order valence-corrected chi connectivity index (χ4v) is 5.22. The molecule has 34 heavy (non-hydrogen) atoms. The Bertz CT molecular complexity index is 522. The quantitative estimate of drug-likeness (QED) is 0.0573. The normalized spacial score (nSPS) is 10.5. The molecule has 0 heterocycles. The van der Waals surface area contributed by atoms with Crippen LogP contribution in [0.1, 0.15) is 90.9 Å². The molecule has 2 amide bonds. The van der Waals surface area contributed by atoms with Crippen molar-refractivity contribution >= 4 is 67.3 Å². The number of carbonyl (C=O) groups is 4. The number of hydrogen-bond donors (Lipinski definition) is 2. The van der Waals surface area contributed by atoms with Crippen LogP contribution in [-0.4, -0.2) is 48.5 Å². The van der Waals surface area contributed by atoms with E-state index in [-0.39, 0.29) is 25.2 Å². The zero-order valence-corrected chi connectivity index (χ0v) is 23.7. The van der Waals surface area contributed by atoms with Crippen molar-refractivity contribution < 1.29 is 28.7 Å². The average molecular weight is 557 g/mol. The lowest BCUT2D eigenvalue weighted by Gasteiger charge is -2.06. The predicted octanol–water partition coefficient (Wildman–Crippen LogP) is 5.62. The monoisotopic (exact) mass is 556 g/mol. The fraction of sp³-hybridized carbons (Fsp3) is 0.818. The first-order valence-electron chi connectivity index (χ1n) is 12.0. The number of carbonyl (C=O) groups excluding carboxylic acids is 4. The van der Waals surface area contributed by atoms with Crippen molar-refractivity contribution in [3.05, 3.63) is 0 Å². The summed E-state index contributed by atoms with van der Waals surface area (Å²) < 4.78 is 15.1. The van der Waals surface area contributed by atoms with Crippen LogP contribution in [0.3, 0.4) is 0 Å². The molecule has 0 fully saturated rings. The number of unbranched alkanes of at least 4 members (excludes halogenated alkanes) is 8. The molecule has 0 radical (unpaired) electrons. The Balaban J connectivity index is 3.51. The van der Waals surface area contributed by atoms with Gasteiger partial charge in [0, 0.05) is 46.3 Å². The molecule has 0 aromatic rings. The summed E-state index contributed by atoms with van der Waals surface area (Å²) in [6.45, 7) is 4.84. The van der Waals surface area contributed by atoms with E-state index in [9.17, 15) is 19.2 Å². The van der Waals surface area contributed by atoms with Crippen molar-refractivity contribution in [2.75, 3.05) is 24.7 Å². The van der Waals surface area contributed by atoms with Crippen LogP contribution >= 0.6 is 43.5 Å². The Morgan fingerprint density at radius 3 is 1.35 bits per heavy atom. The van der Waals surface area contributed by atoms with E-state index in [4.69, 9.17) is 9.47 Å². The van der Waals surface area contributed by atoms with Gasteiger partial charge in [0.2, 0.25) is 0 Å². The standard InChI is InChI=1S/C22H40N2O6S4/c1-3-5-7-9-11-13-19(25)29-15-17-31-33-23-21(27)22(28)24-34-32-18-16-30-20(26)14-12-10-8-6-4-2/h3-18H2,1-2H3,(H,23,27)(H,24,28). The highest BCUT2D eigenvalue weighted by molar-refractivity contribution is 8.76. The van der Waals surface area contributed by atoms with Crippen LogP contribution in [0, 0.1) is 0 Å². The first kappa shape index (κ1) is 33.3. The third-order valence-electron chi connectivity index (χ3n) is 4.42. The molecule has 0 saturated heterocycles. The maximum Gasteiger partial charge on any atom is 0.320 e. The van der Waals surface area contributed by atoms with Crippen molar-refractivity contribution in [3.63, 3.8) is 0 Å². The minimum absolute atomic E-state index is 0.197. The molecule has 0 aliphatic heterocycles. The van der Waals surface area contributed by atoms with Crippen LogP contribution in [-0.2, 0) is 28.7 Å². The van der Waals surface area contributed by atoms with Crippen molar-refractivity contribution in [2.24, 2.45) is 0 Å². The van der Waals surface area contributed by atoms with E-state index < -0.39 is 11.8 Å². The second-order valence-corrected chi connectivity index (χ2v) is 11.9. The molecular formula is C22H40N2O6S4. The van der Waals surface area contributed by atoms with Crippen molar-refractivity contribution in [3.8, 4) is 0 Å². The highest BCUT2D eigenvalue weighted by atomic mass is 33.1. The Morgan fingerprint density at radius 1 is 0.588 bits per heavy atom. The average Bonchev–Trinajstić information content (AvgIpc) is 2.82. The second-order valence-electron chi connectivity index (χ2n) is 7.44. The molecule has 198 valence electrons. The van der Waals surface area contributed by atoms with Crippen LogP contribution in [0.15, 0.2) is 0 Å². The summed E-state index contributed by atoms with van der Waals surface area (Å²) in [5.41, 5.74) is 0.